The SMILES string of the molecule is C=CCN(C)C(=O)[C@@H]1[C@H]2C(=O)N([C@@H](CO)Cc3ccccc3)C(C(=O)N(CC=C)C(C)(C)C)C23CC[C@@]1(C)O3. The summed E-state index contributed by atoms with van der Waals surface area (Å²) in [5.74, 6) is -2.29. The average molecular weight is 538 g/mol. The molecule has 0 saturated carbocycles. The second-order valence-corrected chi connectivity index (χ2v) is 12.4. The number of carbonyl (C=O) groups is 3. The monoisotopic (exact) mass is 537 g/mol. The number of ether oxygens (including phenoxy) is 1. The molecule has 3 heterocycles. The second kappa shape index (κ2) is 10.5. The summed E-state index contributed by atoms with van der Waals surface area (Å²) in [6.07, 6.45) is 4.75. The highest BCUT2D eigenvalue weighted by Gasteiger charge is 2.79. The van der Waals surface area contributed by atoms with Crippen molar-refractivity contribution in [2.75, 3.05) is 26.7 Å². The van der Waals surface area contributed by atoms with Crippen molar-refractivity contribution >= 4 is 17.7 Å². The van der Waals surface area contributed by atoms with Gasteiger partial charge in [-0.3, -0.25) is 14.4 Å². The highest BCUT2D eigenvalue weighted by atomic mass is 16.5. The smallest absolute Gasteiger partial charge is 0.249 e. The van der Waals surface area contributed by atoms with Crippen molar-refractivity contribution in [1.29, 1.82) is 0 Å². The number of hydrogen-bond acceptors (Lipinski definition) is 5. The van der Waals surface area contributed by atoms with Crippen LogP contribution in [0.5, 0.6) is 0 Å². The Morgan fingerprint density at radius 3 is 2.36 bits per heavy atom. The molecule has 3 amide bonds. The molecule has 1 N–H and O–H groups in total. The largest absolute Gasteiger partial charge is 0.394 e. The Labute approximate surface area is 232 Å². The molecule has 6 atom stereocenters. The fourth-order valence-electron chi connectivity index (χ4n) is 7.04. The third kappa shape index (κ3) is 4.72. The van der Waals surface area contributed by atoms with Gasteiger partial charge in [-0.15, -0.1) is 13.2 Å². The van der Waals surface area contributed by atoms with Crippen molar-refractivity contribution in [3.8, 4) is 0 Å². The first-order chi connectivity index (χ1) is 18.4. The van der Waals surface area contributed by atoms with Gasteiger partial charge < -0.3 is 24.5 Å². The highest BCUT2D eigenvalue weighted by molar-refractivity contribution is 5.99. The number of amides is 3. The first-order valence-electron chi connectivity index (χ1n) is 13.8. The van der Waals surface area contributed by atoms with E-state index < -0.39 is 40.7 Å². The van der Waals surface area contributed by atoms with E-state index in [1.807, 2.05) is 58.0 Å². The van der Waals surface area contributed by atoms with Gasteiger partial charge in [0.15, 0.2) is 0 Å². The Morgan fingerprint density at radius 2 is 1.79 bits per heavy atom. The number of aliphatic hydroxyl groups is 1. The molecule has 3 saturated heterocycles. The molecule has 8 heteroatoms. The minimum absolute atomic E-state index is 0.187. The standard InChI is InChI=1S/C31H43N3O5/c1-8-17-32(7)26(36)23-24-27(37)34(22(20-35)19-21-13-11-10-12-14-21)25(31(24)16-15-30(23,6)39-31)28(38)33(18-9-2)29(3,4)5/h8-14,22-25,35H,1-2,15-20H2,3-7H3/t22-,23+,24+,25?,30-,31?/m1/s1. The number of rotatable bonds is 10. The summed E-state index contributed by atoms with van der Waals surface area (Å²) in [5.41, 5.74) is -1.63. The van der Waals surface area contributed by atoms with Gasteiger partial charge in [-0.1, -0.05) is 42.5 Å². The molecular weight excluding hydrogens is 494 g/mol. The normalized spacial score (nSPS) is 30.2. The lowest BCUT2D eigenvalue weighted by atomic mass is 9.66. The van der Waals surface area contributed by atoms with Crippen LogP contribution in [0.4, 0.5) is 0 Å². The number of carbonyl (C=O) groups excluding carboxylic acids is 3. The zero-order valence-corrected chi connectivity index (χ0v) is 23.9. The van der Waals surface area contributed by atoms with Gasteiger partial charge in [0.2, 0.25) is 17.7 Å². The van der Waals surface area contributed by atoms with Crippen LogP contribution in [0.1, 0.15) is 46.1 Å². The van der Waals surface area contributed by atoms with Gasteiger partial charge in [0, 0.05) is 25.7 Å². The molecule has 0 radical (unpaired) electrons. The lowest BCUT2D eigenvalue weighted by Gasteiger charge is -2.43. The lowest BCUT2D eigenvalue weighted by molar-refractivity contribution is -0.158. The Morgan fingerprint density at radius 1 is 1.15 bits per heavy atom. The minimum Gasteiger partial charge on any atom is -0.394 e. The van der Waals surface area contributed by atoms with Crippen LogP contribution in [-0.2, 0) is 25.5 Å². The molecule has 3 aliphatic heterocycles. The maximum atomic E-state index is 14.6. The number of likely N-dealkylation sites (tertiary alicyclic amines) is 1. The van der Waals surface area contributed by atoms with Gasteiger partial charge in [0.05, 0.1) is 30.1 Å². The van der Waals surface area contributed by atoms with Crippen LogP contribution in [0.25, 0.3) is 0 Å². The molecule has 0 aromatic heterocycles. The summed E-state index contributed by atoms with van der Waals surface area (Å²) >= 11 is 0. The highest BCUT2D eigenvalue weighted by Crippen LogP contribution is 2.64. The number of hydrogen-bond donors (Lipinski definition) is 1. The molecule has 2 bridgehead atoms. The van der Waals surface area contributed by atoms with Gasteiger partial charge >= 0.3 is 0 Å². The van der Waals surface area contributed by atoms with Crippen LogP contribution in [0.2, 0.25) is 0 Å². The van der Waals surface area contributed by atoms with Gasteiger partial charge in [-0.2, -0.15) is 0 Å². The first kappa shape index (κ1) is 29.0. The van der Waals surface area contributed by atoms with E-state index in [-0.39, 0.29) is 24.3 Å². The van der Waals surface area contributed by atoms with Gasteiger partial charge in [0.25, 0.3) is 0 Å². The Kier molecular flexibility index (Phi) is 7.85. The minimum atomic E-state index is -1.16. The summed E-state index contributed by atoms with van der Waals surface area (Å²) in [6, 6.07) is 7.99. The van der Waals surface area contributed by atoms with Gasteiger partial charge in [-0.25, -0.2) is 0 Å². The summed E-state index contributed by atoms with van der Waals surface area (Å²) in [5, 5.41) is 10.6. The summed E-state index contributed by atoms with van der Waals surface area (Å²) < 4.78 is 6.76. The van der Waals surface area contributed by atoms with Gasteiger partial charge in [0.1, 0.15) is 11.6 Å². The number of likely N-dealkylation sites (N-methyl/N-ethyl adjacent to an activating group) is 1. The average Bonchev–Trinajstić information content (AvgIpc) is 3.46. The van der Waals surface area contributed by atoms with Crippen LogP contribution in [0.3, 0.4) is 0 Å². The lowest BCUT2D eigenvalue weighted by Crippen LogP contribution is -2.62. The van der Waals surface area contributed by atoms with E-state index >= 15 is 0 Å². The quantitative estimate of drug-likeness (QED) is 0.464. The van der Waals surface area contributed by atoms with Crippen LogP contribution in [-0.4, -0.2) is 93.1 Å². The van der Waals surface area contributed by atoms with Crippen molar-refractivity contribution in [3.05, 3.63) is 61.2 Å². The van der Waals surface area contributed by atoms with Gasteiger partial charge in [-0.05, 0) is 52.5 Å². The zero-order valence-electron chi connectivity index (χ0n) is 23.9. The van der Waals surface area contributed by atoms with Crippen LogP contribution in [0, 0.1) is 11.8 Å². The molecule has 0 aliphatic carbocycles. The topological polar surface area (TPSA) is 90.4 Å². The molecule has 1 aromatic rings. The number of nitrogens with zero attached hydrogens (tertiary/aromatic N) is 3. The summed E-state index contributed by atoms with van der Waals surface area (Å²) in [6.45, 7) is 15.7. The molecule has 4 rings (SSSR count). The van der Waals surface area contributed by atoms with Crippen molar-refractivity contribution < 1.29 is 24.2 Å². The van der Waals surface area contributed by atoms with E-state index in [1.165, 1.54) is 0 Å². The maximum Gasteiger partial charge on any atom is 0.249 e. The fourth-order valence-corrected chi connectivity index (χ4v) is 7.04. The number of fused-ring (bicyclic) bond motifs is 1. The van der Waals surface area contributed by atoms with E-state index in [4.69, 9.17) is 4.74 Å². The molecule has 8 nitrogen and oxygen atoms in total. The van der Waals surface area contributed by atoms with Crippen LogP contribution in [0.15, 0.2) is 55.6 Å². The van der Waals surface area contributed by atoms with Crippen LogP contribution >= 0.6 is 0 Å². The van der Waals surface area contributed by atoms with Crippen LogP contribution < -0.4 is 0 Å². The molecule has 2 unspecified atom stereocenters. The Bertz CT molecular complexity index is 1130. The number of benzene rings is 1. The third-order valence-corrected chi connectivity index (χ3v) is 8.80. The van der Waals surface area contributed by atoms with E-state index in [0.717, 1.165) is 5.56 Å². The van der Waals surface area contributed by atoms with Crippen molar-refractivity contribution in [2.45, 2.75) is 75.8 Å². The molecule has 1 aromatic carbocycles. The predicted octanol–water partition coefficient (Wildman–Crippen LogP) is 2.81. The predicted molar refractivity (Wildman–Crippen MR) is 150 cm³/mol. The third-order valence-electron chi connectivity index (χ3n) is 8.80. The molecule has 212 valence electrons. The molecule has 39 heavy (non-hydrogen) atoms. The second-order valence-electron chi connectivity index (χ2n) is 12.4. The summed E-state index contributed by atoms with van der Waals surface area (Å²) in [4.78, 5) is 47.7. The molecular formula is C31H43N3O5. The van der Waals surface area contributed by atoms with Crippen molar-refractivity contribution in [1.82, 2.24) is 14.7 Å². The van der Waals surface area contributed by atoms with E-state index in [2.05, 4.69) is 13.2 Å². The van der Waals surface area contributed by atoms with E-state index in [1.54, 1.807) is 33.9 Å². The summed E-state index contributed by atoms with van der Waals surface area (Å²) in [7, 11) is 1.70. The van der Waals surface area contributed by atoms with Crippen molar-refractivity contribution in [2.24, 2.45) is 11.8 Å². The Hall–Kier alpha value is -2.97. The first-order valence-corrected chi connectivity index (χ1v) is 13.8. The molecule has 1 spiro atoms. The maximum absolute atomic E-state index is 14.6. The van der Waals surface area contributed by atoms with E-state index in [9.17, 15) is 19.5 Å². The number of aliphatic hydroxyl groups excluding tert-OH is 1. The molecule has 3 fully saturated rings. The van der Waals surface area contributed by atoms with E-state index in [0.29, 0.717) is 32.4 Å². The molecule has 3 aliphatic rings. The van der Waals surface area contributed by atoms with Crippen molar-refractivity contribution in [3.63, 3.8) is 0 Å². The Balaban J connectivity index is 1.85. The fraction of sp³-hybridized carbons (Fsp3) is 0.581. The zero-order chi connectivity index (χ0) is 28.8.